The van der Waals surface area contributed by atoms with Crippen LogP contribution >= 0.6 is 11.3 Å². The Bertz CT molecular complexity index is 999. The molecule has 1 heterocycles. The van der Waals surface area contributed by atoms with Crippen LogP contribution in [-0.2, 0) is 4.74 Å². The van der Waals surface area contributed by atoms with Crippen molar-refractivity contribution in [3.63, 3.8) is 0 Å². The number of benzene rings is 2. The first-order valence-electron chi connectivity index (χ1n) is 7.96. The van der Waals surface area contributed by atoms with Gasteiger partial charge in [0, 0.05) is 27.5 Å². The number of hydrogen-bond acceptors (Lipinski definition) is 6. The first kappa shape index (κ1) is 18.5. The minimum atomic E-state index is -0.460. The number of ether oxygens (including phenoxy) is 3. The molecule has 2 aromatic carbocycles. The van der Waals surface area contributed by atoms with Gasteiger partial charge in [0.05, 0.1) is 21.3 Å². The first-order chi connectivity index (χ1) is 13.0. The van der Waals surface area contributed by atoms with Gasteiger partial charge in [-0.15, -0.1) is 11.3 Å². The van der Waals surface area contributed by atoms with Gasteiger partial charge in [-0.25, -0.2) is 9.59 Å². The molecule has 0 radical (unpaired) electrons. The third-order valence-corrected chi connectivity index (χ3v) is 4.93. The first-order valence-corrected chi connectivity index (χ1v) is 8.78. The molecule has 7 nitrogen and oxygen atoms in total. The molecule has 0 aliphatic rings. The standard InChI is InChI=1S/C19H18N2O5S/c1-24-13-6-4-5-11(9-13)20-19(23)21-12-7-8-15-14(10-12)16(25-2)17(27-15)18(22)26-3/h4-10H,1-3H3,(H2,20,21,23). The fraction of sp³-hybridized carbons (Fsp3) is 0.158. The van der Waals surface area contributed by atoms with Crippen LogP contribution in [0.3, 0.4) is 0 Å². The van der Waals surface area contributed by atoms with Gasteiger partial charge in [-0.1, -0.05) is 6.07 Å². The molecule has 140 valence electrons. The van der Waals surface area contributed by atoms with Crippen LogP contribution in [0.1, 0.15) is 9.67 Å². The second kappa shape index (κ2) is 7.96. The summed E-state index contributed by atoms with van der Waals surface area (Å²) in [6, 6.07) is 12.0. The monoisotopic (exact) mass is 386 g/mol. The number of esters is 1. The normalized spacial score (nSPS) is 10.3. The third kappa shape index (κ3) is 3.95. The number of anilines is 2. The molecule has 0 bridgehead atoms. The van der Waals surface area contributed by atoms with E-state index in [1.807, 2.05) is 6.07 Å². The molecule has 0 aliphatic carbocycles. The van der Waals surface area contributed by atoms with Crippen molar-refractivity contribution >= 4 is 44.8 Å². The molecule has 2 N–H and O–H groups in total. The van der Waals surface area contributed by atoms with Gasteiger partial charge in [0.2, 0.25) is 0 Å². The van der Waals surface area contributed by atoms with Crippen LogP contribution in [0, 0.1) is 0 Å². The summed E-state index contributed by atoms with van der Waals surface area (Å²) in [5.74, 6) is 0.615. The number of hydrogen-bond donors (Lipinski definition) is 2. The average Bonchev–Trinajstić information content (AvgIpc) is 3.05. The lowest BCUT2D eigenvalue weighted by atomic mass is 10.2. The number of methoxy groups -OCH3 is 3. The van der Waals surface area contributed by atoms with Crippen molar-refractivity contribution in [2.75, 3.05) is 32.0 Å². The van der Waals surface area contributed by atoms with E-state index in [9.17, 15) is 9.59 Å². The topological polar surface area (TPSA) is 85.9 Å². The van der Waals surface area contributed by atoms with Crippen LogP contribution in [-0.4, -0.2) is 33.3 Å². The minimum absolute atomic E-state index is 0.382. The average molecular weight is 386 g/mol. The highest BCUT2D eigenvalue weighted by molar-refractivity contribution is 7.21. The van der Waals surface area contributed by atoms with E-state index in [0.717, 1.165) is 10.1 Å². The fourth-order valence-corrected chi connectivity index (χ4v) is 3.65. The summed E-state index contributed by atoms with van der Waals surface area (Å²) in [6.07, 6.45) is 0. The minimum Gasteiger partial charge on any atom is -0.497 e. The molecular weight excluding hydrogens is 368 g/mol. The van der Waals surface area contributed by atoms with Crippen LogP contribution in [0.15, 0.2) is 42.5 Å². The highest BCUT2D eigenvalue weighted by Crippen LogP contribution is 2.39. The van der Waals surface area contributed by atoms with Gasteiger partial charge in [-0.2, -0.15) is 0 Å². The van der Waals surface area contributed by atoms with E-state index in [2.05, 4.69) is 10.6 Å². The number of amides is 2. The van der Waals surface area contributed by atoms with Crippen molar-refractivity contribution < 1.29 is 23.8 Å². The molecule has 0 atom stereocenters. The predicted molar refractivity (Wildman–Crippen MR) is 105 cm³/mol. The van der Waals surface area contributed by atoms with E-state index in [1.165, 1.54) is 25.6 Å². The fourth-order valence-electron chi connectivity index (χ4n) is 2.58. The number of rotatable bonds is 5. The highest BCUT2D eigenvalue weighted by Gasteiger charge is 2.20. The molecule has 0 spiro atoms. The van der Waals surface area contributed by atoms with E-state index < -0.39 is 12.0 Å². The van der Waals surface area contributed by atoms with Gasteiger partial charge in [-0.3, -0.25) is 0 Å². The Labute approximate surface area is 159 Å². The summed E-state index contributed by atoms with van der Waals surface area (Å²) >= 11 is 1.27. The summed E-state index contributed by atoms with van der Waals surface area (Å²) in [4.78, 5) is 24.5. The molecular formula is C19H18N2O5S. The Morgan fingerprint density at radius 1 is 0.926 bits per heavy atom. The molecule has 2 amide bonds. The molecule has 0 fully saturated rings. The van der Waals surface area contributed by atoms with E-state index in [1.54, 1.807) is 43.5 Å². The lowest BCUT2D eigenvalue weighted by Gasteiger charge is -2.09. The molecule has 0 saturated carbocycles. The number of carbonyl (C=O) groups excluding carboxylic acids is 2. The van der Waals surface area contributed by atoms with Crippen LogP contribution < -0.4 is 20.1 Å². The third-order valence-electron chi connectivity index (χ3n) is 3.80. The van der Waals surface area contributed by atoms with Crippen LogP contribution in [0.5, 0.6) is 11.5 Å². The van der Waals surface area contributed by atoms with Crippen molar-refractivity contribution in [3.8, 4) is 11.5 Å². The van der Waals surface area contributed by atoms with Gasteiger partial charge in [0.25, 0.3) is 0 Å². The number of urea groups is 1. The zero-order valence-corrected chi connectivity index (χ0v) is 15.8. The molecule has 0 saturated heterocycles. The number of fused-ring (bicyclic) bond motifs is 1. The van der Waals surface area contributed by atoms with Gasteiger partial charge in [0.15, 0.2) is 10.6 Å². The molecule has 27 heavy (non-hydrogen) atoms. The Morgan fingerprint density at radius 2 is 1.67 bits per heavy atom. The number of carbonyl (C=O) groups is 2. The molecule has 3 aromatic rings. The SMILES string of the molecule is COC(=O)c1sc2ccc(NC(=O)Nc3cccc(OC)c3)cc2c1OC. The molecule has 0 aliphatic heterocycles. The van der Waals surface area contributed by atoms with Crippen LogP contribution in [0.25, 0.3) is 10.1 Å². The number of thiophene rings is 1. The summed E-state index contributed by atoms with van der Waals surface area (Å²) in [7, 11) is 4.37. The second-order valence-corrected chi connectivity index (χ2v) is 6.53. The van der Waals surface area contributed by atoms with Gasteiger partial charge < -0.3 is 24.8 Å². The quantitative estimate of drug-likeness (QED) is 0.637. The Hall–Kier alpha value is -3.26. The Kier molecular flexibility index (Phi) is 5.46. The number of nitrogens with one attached hydrogen (secondary N) is 2. The van der Waals surface area contributed by atoms with Gasteiger partial charge >= 0.3 is 12.0 Å². The van der Waals surface area contributed by atoms with Crippen molar-refractivity contribution in [3.05, 3.63) is 47.3 Å². The summed E-state index contributed by atoms with van der Waals surface area (Å²) in [5, 5.41) is 6.23. The lowest BCUT2D eigenvalue weighted by molar-refractivity contribution is 0.0603. The lowest BCUT2D eigenvalue weighted by Crippen LogP contribution is -2.19. The van der Waals surface area contributed by atoms with Crippen molar-refractivity contribution in [2.24, 2.45) is 0 Å². The van der Waals surface area contributed by atoms with Gasteiger partial charge in [0.1, 0.15) is 5.75 Å². The molecule has 8 heteroatoms. The van der Waals surface area contributed by atoms with Crippen molar-refractivity contribution in [1.29, 1.82) is 0 Å². The van der Waals surface area contributed by atoms with E-state index in [0.29, 0.717) is 27.8 Å². The van der Waals surface area contributed by atoms with Crippen molar-refractivity contribution in [2.45, 2.75) is 0 Å². The molecule has 3 rings (SSSR count). The van der Waals surface area contributed by atoms with Crippen molar-refractivity contribution in [1.82, 2.24) is 0 Å². The zero-order valence-electron chi connectivity index (χ0n) is 15.0. The summed E-state index contributed by atoms with van der Waals surface area (Å²) in [6.45, 7) is 0. The maximum atomic E-state index is 12.3. The largest absolute Gasteiger partial charge is 0.497 e. The zero-order chi connectivity index (χ0) is 19.4. The summed E-state index contributed by atoms with van der Waals surface area (Å²) < 4.78 is 16.1. The van der Waals surface area contributed by atoms with Crippen LogP contribution in [0.4, 0.5) is 16.2 Å². The maximum absolute atomic E-state index is 12.3. The maximum Gasteiger partial charge on any atom is 0.351 e. The van der Waals surface area contributed by atoms with E-state index in [4.69, 9.17) is 14.2 Å². The van der Waals surface area contributed by atoms with E-state index >= 15 is 0 Å². The Balaban J connectivity index is 1.82. The smallest absolute Gasteiger partial charge is 0.351 e. The highest BCUT2D eigenvalue weighted by atomic mass is 32.1. The van der Waals surface area contributed by atoms with Crippen LogP contribution in [0.2, 0.25) is 0 Å². The van der Waals surface area contributed by atoms with Gasteiger partial charge in [-0.05, 0) is 30.3 Å². The molecule has 1 aromatic heterocycles. The summed E-state index contributed by atoms with van der Waals surface area (Å²) in [5.41, 5.74) is 1.17. The van der Waals surface area contributed by atoms with E-state index in [-0.39, 0.29) is 0 Å². The Morgan fingerprint density at radius 3 is 2.33 bits per heavy atom. The molecule has 0 unspecified atom stereocenters. The predicted octanol–water partition coefficient (Wildman–Crippen LogP) is 4.35. The second-order valence-electron chi connectivity index (χ2n) is 5.48.